The lowest BCUT2D eigenvalue weighted by Gasteiger charge is -2.27. The SMILES string of the molecule is NC[C@@H](NCC1CC1)C(=O)Nc1ccc(N2CCOCC2=O)cc1. The Morgan fingerprint density at radius 2 is 2.08 bits per heavy atom. The zero-order valence-electron chi connectivity index (χ0n) is 13.7. The average molecular weight is 332 g/mol. The van der Waals surface area contributed by atoms with Crippen molar-refractivity contribution in [3.05, 3.63) is 24.3 Å². The predicted molar refractivity (Wildman–Crippen MR) is 91.8 cm³/mol. The minimum absolute atomic E-state index is 0.0505. The summed E-state index contributed by atoms with van der Waals surface area (Å²) in [4.78, 5) is 25.8. The zero-order chi connectivity index (χ0) is 16.9. The third kappa shape index (κ3) is 4.31. The van der Waals surface area contributed by atoms with Crippen LogP contribution in [0, 0.1) is 5.92 Å². The molecule has 1 heterocycles. The Labute approximate surface area is 141 Å². The summed E-state index contributed by atoms with van der Waals surface area (Å²) in [6.45, 7) is 2.30. The number of nitrogens with zero attached hydrogens (tertiary/aromatic N) is 1. The second-order valence-electron chi connectivity index (χ2n) is 6.27. The molecule has 0 bridgehead atoms. The molecule has 1 aliphatic carbocycles. The predicted octanol–water partition coefficient (Wildman–Crippen LogP) is 0.315. The molecule has 1 saturated heterocycles. The largest absolute Gasteiger partial charge is 0.370 e. The molecule has 2 aliphatic rings. The second-order valence-corrected chi connectivity index (χ2v) is 6.27. The van der Waals surface area contributed by atoms with Crippen LogP contribution in [0.25, 0.3) is 0 Å². The molecule has 1 aliphatic heterocycles. The van der Waals surface area contributed by atoms with Crippen molar-refractivity contribution < 1.29 is 14.3 Å². The third-order valence-electron chi connectivity index (χ3n) is 4.33. The number of amides is 2. The summed E-state index contributed by atoms with van der Waals surface area (Å²) in [7, 11) is 0. The van der Waals surface area contributed by atoms with Crippen molar-refractivity contribution in [2.24, 2.45) is 11.7 Å². The lowest BCUT2D eigenvalue weighted by molar-refractivity contribution is -0.125. The van der Waals surface area contributed by atoms with E-state index in [4.69, 9.17) is 10.5 Å². The molecule has 2 amide bonds. The number of morpholine rings is 1. The number of benzene rings is 1. The van der Waals surface area contributed by atoms with Crippen LogP contribution in [0.3, 0.4) is 0 Å². The molecule has 1 atom stereocenters. The first-order valence-corrected chi connectivity index (χ1v) is 8.40. The van der Waals surface area contributed by atoms with Crippen molar-refractivity contribution >= 4 is 23.2 Å². The molecule has 4 N–H and O–H groups in total. The van der Waals surface area contributed by atoms with Crippen molar-refractivity contribution in [2.75, 3.05) is 43.1 Å². The van der Waals surface area contributed by atoms with Gasteiger partial charge in [0.25, 0.3) is 5.91 Å². The molecule has 7 nitrogen and oxygen atoms in total. The number of anilines is 2. The van der Waals surface area contributed by atoms with Crippen LogP contribution in [-0.4, -0.2) is 50.7 Å². The first-order valence-electron chi connectivity index (χ1n) is 8.40. The van der Waals surface area contributed by atoms with Crippen molar-refractivity contribution in [1.29, 1.82) is 0 Å². The lowest BCUT2D eigenvalue weighted by atomic mass is 10.2. The van der Waals surface area contributed by atoms with Gasteiger partial charge in [0.1, 0.15) is 6.61 Å². The number of hydrogen-bond acceptors (Lipinski definition) is 5. The monoisotopic (exact) mass is 332 g/mol. The quantitative estimate of drug-likeness (QED) is 0.668. The van der Waals surface area contributed by atoms with Gasteiger partial charge in [0.2, 0.25) is 5.91 Å². The number of ether oxygens (including phenoxy) is 1. The molecule has 0 aromatic heterocycles. The number of carbonyl (C=O) groups excluding carboxylic acids is 2. The maximum absolute atomic E-state index is 12.3. The Kier molecular flexibility index (Phi) is 5.44. The van der Waals surface area contributed by atoms with E-state index in [-0.39, 0.29) is 31.0 Å². The lowest BCUT2D eigenvalue weighted by Crippen LogP contribution is -2.46. The Balaban J connectivity index is 1.56. The van der Waals surface area contributed by atoms with E-state index in [1.54, 1.807) is 17.0 Å². The van der Waals surface area contributed by atoms with Gasteiger partial charge >= 0.3 is 0 Å². The number of nitrogens with two attached hydrogens (primary N) is 1. The second kappa shape index (κ2) is 7.74. The van der Waals surface area contributed by atoms with Gasteiger partial charge in [-0.2, -0.15) is 0 Å². The number of carbonyl (C=O) groups is 2. The summed E-state index contributed by atoms with van der Waals surface area (Å²) in [6.07, 6.45) is 2.46. The Morgan fingerprint density at radius 3 is 2.71 bits per heavy atom. The van der Waals surface area contributed by atoms with Crippen LogP contribution in [0.2, 0.25) is 0 Å². The van der Waals surface area contributed by atoms with Gasteiger partial charge in [-0.1, -0.05) is 0 Å². The molecule has 130 valence electrons. The third-order valence-corrected chi connectivity index (χ3v) is 4.33. The van der Waals surface area contributed by atoms with Crippen LogP contribution in [0.15, 0.2) is 24.3 Å². The highest BCUT2D eigenvalue weighted by Gasteiger charge is 2.24. The van der Waals surface area contributed by atoms with Gasteiger partial charge in [-0.05, 0) is 49.6 Å². The van der Waals surface area contributed by atoms with Crippen LogP contribution < -0.4 is 21.3 Å². The van der Waals surface area contributed by atoms with E-state index in [0.717, 1.165) is 12.2 Å². The fraction of sp³-hybridized carbons (Fsp3) is 0.529. The molecule has 3 rings (SSSR count). The van der Waals surface area contributed by atoms with Gasteiger partial charge in [0, 0.05) is 24.5 Å². The number of hydrogen-bond donors (Lipinski definition) is 3. The van der Waals surface area contributed by atoms with E-state index in [0.29, 0.717) is 24.8 Å². The van der Waals surface area contributed by atoms with E-state index < -0.39 is 0 Å². The Hall–Kier alpha value is -1.96. The molecule has 2 fully saturated rings. The average Bonchev–Trinajstić information content (AvgIpc) is 3.41. The van der Waals surface area contributed by atoms with E-state index in [1.807, 2.05) is 12.1 Å². The molecular weight excluding hydrogens is 308 g/mol. The highest BCUT2D eigenvalue weighted by molar-refractivity contribution is 5.97. The summed E-state index contributed by atoms with van der Waals surface area (Å²) in [6, 6.07) is 6.86. The Morgan fingerprint density at radius 1 is 1.33 bits per heavy atom. The minimum Gasteiger partial charge on any atom is -0.370 e. The van der Waals surface area contributed by atoms with Gasteiger partial charge in [0.15, 0.2) is 0 Å². The van der Waals surface area contributed by atoms with Gasteiger partial charge in [-0.25, -0.2) is 0 Å². The summed E-state index contributed by atoms with van der Waals surface area (Å²) < 4.78 is 5.13. The maximum Gasteiger partial charge on any atom is 0.253 e. The molecule has 0 unspecified atom stereocenters. The minimum atomic E-state index is -0.383. The van der Waals surface area contributed by atoms with Crippen molar-refractivity contribution in [3.63, 3.8) is 0 Å². The fourth-order valence-electron chi connectivity index (χ4n) is 2.66. The molecular formula is C17H24N4O3. The number of rotatable bonds is 7. The highest BCUT2D eigenvalue weighted by Crippen LogP contribution is 2.27. The Bertz CT molecular complexity index is 586. The van der Waals surface area contributed by atoms with E-state index in [2.05, 4.69) is 10.6 Å². The standard InChI is InChI=1S/C17H24N4O3/c18-9-15(19-10-12-1-2-12)17(23)20-13-3-5-14(6-4-13)21-7-8-24-11-16(21)22/h3-6,12,15,19H,1-2,7-11,18H2,(H,20,23)/t15-/m1/s1. The van der Waals surface area contributed by atoms with Crippen LogP contribution >= 0.6 is 0 Å². The van der Waals surface area contributed by atoms with Gasteiger partial charge in [-0.3, -0.25) is 9.59 Å². The summed E-state index contributed by atoms with van der Waals surface area (Å²) in [5.41, 5.74) is 7.19. The molecule has 1 aromatic rings. The van der Waals surface area contributed by atoms with Crippen LogP contribution in [0.5, 0.6) is 0 Å². The summed E-state index contributed by atoms with van der Waals surface area (Å²) in [5, 5.41) is 6.09. The van der Waals surface area contributed by atoms with Crippen LogP contribution in [0.1, 0.15) is 12.8 Å². The highest BCUT2D eigenvalue weighted by atomic mass is 16.5. The molecule has 1 aromatic carbocycles. The van der Waals surface area contributed by atoms with E-state index >= 15 is 0 Å². The van der Waals surface area contributed by atoms with E-state index in [9.17, 15) is 9.59 Å². The van der Waals surface area contributed by atoms with Crippen molar-refractivity contribution in [3.8, 4) is 0 Å². The van der Waals surface area contributed by atoms with Crippen LogP contribution in [0.4, 0.5) is 11.4 Å². The normalized spacial score (nSPS) is 19.2. The first-order chi connectivity index (χ1) is 11.7. The smallest absolute Gasteiger partial charge is 0.253 e. The molecule has 24 heavy (non-hydrogen) atoms. The summed E-state index contributed by atoms with van der Waals surface area (Å²) >= 11 is 0. The van der Waals surface area contributed by atoms with Gasteiger partial charge in [0.05, 0.1) is 12.6 Å². The summed E-state index contributed by atoms with van der Waals surface area (Å²) in [5.74, 6) is 0.510. The van der Waals surface area contributed by atoms with Crippen molar-refractivity contribution in [1.82, 2.24) is 5.32 Å². The molecule has 0 radical (unpaired) electrons. The zero-order valence-corrected chi connectivity index (χ0v) is 13.7. The topological polar surface area (TPSA) is 96.7 Å². The molecule has 7 heteroatoms. The van der Waals surface area contributed by atoms with Crippen LogP contribution in [-0.2, 0) is 14.3 Å². The number of nitrogens with one attached hydrogen (secondary N) is 2. The van der Waals surface area contributed by atoms with E-state index in [1.165, 1.54) is 12.8 Å². The van der Waals surface area contributed by atoms with Crippen molar-refractivity contribution in [2.45, 2.75) is 18.9 Å². The molecule has 1 saturated carbocycles. The first kappa shape index (κ1) is 16.9. The molecule has 0 spiro atoms. The maximum atomic E-state index is 12.3. The van der Waals surface area contributed by atoms with Gasteiger partial charge < -0.3 is 26.0 Å². The van der Waals surface area contributed by atoms with Gasteiger partial charge in [-0.15, -0.1) is 0 Å². The fourth-order valence-corrected chi connectivity index (χ4v) is 2.66.